The number of amides is 2. The van der Waals surface area contributed by atoms with Gasteiger partial charge in [0.2, 0.25) is 5.91 Å². The highest BCUT2D eigenvalue weighted by atomic mass is 32.2. The lowest BCUT2D eigenvalue weighted by molar-refractivity contribution is -0.138. The third-order valence-electron chi connectivity index (χ3n) is 4.21. The van der Waals surface area contributed by atoms with E-state index in [1.54, 1.807) is 12.1 Å². The number of hydrogen-bond acceptors (Lipinski definition) is 5. The maximum Gasteiger partial charge on any atom is 0.416 e. The summed E-state index contributed by atoms with van der Waals surface area (Å²) < 4.78 is 78.8. The Labute approximate surface area is 181 Å². The van der Waals surface area contributed by atoms with Gasteiger partial charge in [-0.15, -0.1) is 0 Å². The molecule has 2 N–H and O–H groups in total. The summed E-state index contributed by atoms with van der Waals surface area (Å²) in [6.07, 6.45) is -5.00. The van der Waals surface area contributed by atoms with Crippen LogP contribution in [0.3, 0.4) is 0 Å². The van der Waals surface area contributed by atoms with Crippen LogP contribution in [0.2, 0.25) is 0 Å². The summed E-state index contributed by atoms with van der Waals surface area (Å²) in [5.74, 6) is -5.70. The van der Waals surface area contributed by atoms with Gasteiger partial charge in [0, 0.05) is 11.1 Å². The van der Waals surface area contributed by atoms with Gasteiger partial charge in [-0.05, 0) is 24.3 Å². The second-order valence-electron chi connectivity index (χ2n) is 6.59. The molecule has 0 aromatic heterocycles. The standard InChI is InChI=1S/C20H17F4N3O4S/c21-16-8-4-7-15(20(22,23)24)14(16)11-32(30,31)12-17(19(29)26-10-9-25)27-18(28)13-5-2-1-3-6-13/h1-8,17H,10-12H2,(H,26,29)(H,27,28). The van der Waals surface area contributed by atoms with Crippen molar-refractivity contribution >= 4 is 21.7 Å². The first-order chi connectivity index (χ1) is 14.9. The van der Waals surface area contributed by atoms with Gasteiger partial charge in [-0.3, -0.25) is 9.59 Å². The van der Waals surface area contributed by atoms with E-state index >= 15 is 0 Å². The number of nitrogens with zero attached hydrogens (tertiary/aromatic N) is 1. The smallest absolute Gasteiger partial charge is 0.341 e. The third-order valence-corrected chi connectivity index (χ3v) is 5.78. The topological polar surface area (TPSA) is 116 Å². The zero-order valence-corrected chi connectivity index (χ0v) is 17.1. The molecule has 0 saturated heterocycles. The molecule has 0 aliphatic carbocycles. The second kappa shape index (κ2) is 10.2. The molecule has 2 rings (SSSR count). The summed E-state index contributed by atoms with van der Waals surface area (Å²) in [7, 11) is -4.54. The number of halogens is 4. The van der Waals surface area contributed by atoms with Gasteiger partial charge in [0.05, 0.1) is 23.1 Å². The van der Waals surface area contributed by atoms with Crippen LogP contribution in [0.15, 0.2) is 48.5 Å². The quantitative estimate of drug-likeness (QED) is 0.452. The highest BCUT2D eigenvalue weighted by Crippen LogP contribution is 2.34. The van der Waals surface area contributed by atoms with Crippen LogP contribution < -0.4 is 10.6 Å². The Balaban J connectivity index is 2.31. The fourth-order valence-corrected chi connectivity index (χ4v) is 4.36. The van der Waals surface area contributed by atoms with E-state index in [-0.39, 0.29) is 5.56 Å². The maximum atomic E-state index is 14.1. The van der Waals surface area contributed by atoms with Crippen molar-refractivity contribution in [1.29, 1.82) is 5.26 Å². The Bertz CT molecular complexity index is 1130. The molecular weight excluding hydrogens is 454 g/mol. The van der Waals surface area contributed by atoms with Crippen molar-refractivity contribution in [3.05, 3.63) is 71.0 Å². The lowest BCUT2D eigenvalue weighted by atomic mass is 10.1. The van der Waals surface area contributed by atoms with Gasteiger partial charge >= 0.3 is 6.18 Å². The first-order valence-electron chi connectivity index (χ1n) is 9.00. The van der Waals surface area contributed by atoms with E-state index in [1.807, 2.05) is 0 Å². The molecule has 12 heteroatoms. The van der Waals surface area contributed by atoms with Gasteiger partial charge in [-0.25, -0.2) is 12.8 Å². The highest BCUT2D eigenvalue weighted by Gasteiger charge is 2.36. The van der Waals surface area contributed by atoms with Gasteiger partial charge in [-0.2, -0.15) is 18.4 Å². The number of rotatable bonds is 8. The van der Waals surface area contributed by atoms with Crippen molar-refractivity contribution in [3.8, 4) is 6.07 Å². The summed E-state index contributed by atoms with van der Waals surface area (Å²) in [4.78, 5) is 24.7. The summed E-state index contributed by atoms with van der Waals surface area (Å²) in [6, 6.07) is 9.34. The number of alkyl halides is 3. The predicted molar refractivity (Wildman–Crippen MR) is 105 cm³/mol. The summed E-state index contributed by atoms with van der Waals surface area (Å²) >= 11 is 0. The average Bonchev–Trinajstić information content (AvgIpc) is 2.72. The molecule has 32 heavy (non-hydrogen) atoms. The Morgan fingerprint density at radius 2 is 1.72 bits per heavy atom. The normalized spacial score (nSPS) is 12.5. The number of benzene rings is 2. The van der Waals surface area contributed by atoms with Crippen LogP contribution >= 0.6 is 0 Å². The predicted octanol–water partition coefficient (Wildman–Crippen LogP) is 2.20. The molecule has 2 aromatic carbocycles. The van der Waals surface area contributed by atoms with Crippen molar-refractivity contribution in [1.82, 2.24) is 10.6 Å². The summed E-state index contributed by atoms with van der Waals surface area (Å²) in [5, 5.41) is 12.9. The monoisotopic (exact) mass is 471 g/mol. The van der Waals surface area contributed by atoms with Crippen molar-refractivity contribution < 1.29 is 35.6 Å². The van der Waals surface area contributed by atoms with Crippen LogP contribution in [-0.4, -0.2) is 38.6 Å². The van der Waals surface area contributed by atoms with Crippen LogP contribution in [0.4, 0.5) is 17.6 Å². The molecule has 2 aromatic rings. The fraction of sp³-hybridized carbons (Fsp3) is 0.250. The van der Waals surface area contributed by atoms with Crippen molar-refractivity contribution in [2.45, 2.75) is 18.0 Å². The molecule has 0 spiro atoms. The maximum absolute atomic E-state index is 14.1. The first kappa shape index (κ1) is 24.8. The van der Waals surface area contributed by atoms with E-state index in [2.05, 4.69) is 10.6 Å². The van der Waals surface area contributed by atoms with Crippen molar-refractivity contribution in [2.75, 3.05) is 12.3 Å². The van der Waals surface area contributed by atoms with E-state index < -0.39 is 68.9 Å². The van der Waals surface area contributed by atoms with E-state index in [1.165, 1.54) is 24.3 Å². The molecule has 1 atom stereocenters. The minimum Gasteiger partial charge on any atom is -0.341 e. The molecule has 1 unspecified atom stereocenters. The summed E-state index contributed by atoms with van der Waals surface area (Å²) in [6.45, 7) is -0.498. The lowest BCUT2D eigenvalue weighted by Gasteiger charge is -2.19. The number of carbonyl (C=O) groups is 2. The number of carbonyl (C=O) groups excluding carboxylic acids is 2. The van der Waals surface area contributed by atoms with Crippen molar-refractivity contribution in [3.63, 3.8) is 0 Å². The first-order valence-corrected chi connectivity index (χ1v) is 10.8. The number of nitriles is 1. The Kier molecular flexibility index (Phi) is 7.93. The molecule has 0 bridgehead atoms. The molecule has 0 radical (unpaired) electrons. The molecule has 0 aliphatic heterocycles. The van der Waals surface area contributed by atoms with E-state index in [0.29, 0.717) is 12.1 Å². The molecule has 0 aliphatic rings. The van der Waals surface area contributed by atoms with Gasteiger partial charge < -0.3 is 10.6 Å². The van der Waals surface area contributed by atoms with E-state index in [4.69, 9.17) is 5.26 Å². The average molecular weight is 471 g/mol. The van der Waals surface area contributed by atoms with Crippen molar-refractivity contribution in [2.24, 2.45) is 0 Å². The molecule has 0 saturated carbocycles. The largest absolute Gasteiger partial charge is 0.416 e. The molecule has 170 valence electrons. The lowest BCUT2D eigenvalue weighted by Crippen LogP contribution is -2.50. The van der Waals surface area contributed by atoms with E-state index in [0.717, 1.165) is 6.07 Å². The Hall–Kier alpha value is -3.46. The highest BCUT2D eigenvalue weighted by molar-refractivity contribution is 7.90. The van der Waals surface area contributed by atoms with Crippen LogP contribution in [0.25, 0.3) is 0 Å². The third kappa shape index (κ3) is 6.78. The Morgan fingerprint density at radius 3 is 2.31 bits per heavy atom. The van der Waals surface area contributed by atoms with Crippen LogP contribution in [-0.2, 0) is 26.6 Å². The van der Waals surface area contributed by atoms with Gasteiger partial charge in [0.1, 0.15) is 18.4 Å². The zero-order chi connectivity index (χ0) is 23.9. The molecule has 0 fully saturated rings. The summed E-state index contributed by atoms with van der Waals surface area (Å²) in [5.41, 5.74) is -2.46. The van der Waals surface area contributed by atoms with Gasteiger partial charge in [0.15, 0.2) is 9.84 Å². The zero-order valence-electron chi connectivity index (χ0n) is 16.3. The number of sulfone groups is 1. The molecule has 0 heterocycles. The fourth-order valence-electron chi connectivity index (χ4n) is 2.77. The van der Waals surface area contributed by atoms with Gasteiger partial charge in [0.25, 0.3) is 5.91 Å². The molecular formula is C20H17F4N3O4S. The van der Waals surface area contributed by atoms with Crippen LogP contribution in [0.1, 0.15) is 21.5 Å². The van der Waals surface area contributed by atoms with Crippen LogP contribution in [0, 0.1) is 17.1 Å². The molecule has 7 nitrogen and oxygen atoms in total. The van der Waals surface area contributed by atoms with Crippen LogP contribution in [0.5, 0.6) is 0 Å². The second-order valence-corrected chi connectivity index (χ2v) is 8.70. The number of hydrogen-bond donors (Lipinski definition) is 2. The van der Waals surface area contributed by atoms with E-state index in [9.17, 15) is 35.6 Å². The molecule has 2 amide bonds. The minimum absolute atomic E-state index is 0.0939. The SMILES string of the molecule is N#CCNC(=O)C(CS(=O)(=O)Cc1c(F)cccc1C(F)(F)F)NC(=O)c1ccccc1. The Morgan fingerprint density at radius 1 is 1.06 bits per heavy atom. The van der Waals surface area contributed by atoms with Gasteiger partial charge in [-0.1, -0.05) is 24.3 Å². The minimum atomic E-state index is -5.00. The number of nitrogens with one attached hydrogen (secondary N) is 2.